The van der Waals surface area contributed by atoms with E-state index in [4.69, 9.17) is 11.6 Å². The fourth-order valence-corrected chi connectivity index (χ4v) is 1.48. The summed E-state index contributed by atoms with van der Waals surface area (Å²) in [5.74, 6) is 0. The number of halogens is 1. The lowest BCUT2D eigenvalue weighted by atomic mass is 9.96. The average molecular weight is 199 g/mol. The molecule has 0 spiro atoms. The van der Waals surface area contributed by atoms with Crippen molar-refractivity contribution in [2.45, 2.75) is 32.8 Å². The predicted molar refractivity (Wildman–Crippen MR) is 56.1 cm³/mol. The number of rotatable bonds is 2. The molecular weight excluding hydrogens is 184 g/mol. The van der Waals surface area contributed by atoms with E-state index in [0.29, 0.717) is 0 Å². The van der Waals surface area contributed by atoms with Crippen LogP contribution in [0, 0.1) is 0 Å². The van der Waals surface area contributed by atoms with Crippen LogP contribution in [0.5, 0.6) is 0 Å². The van der Waals surface area contributed by atoms with Crippen molar-refractivity contribution in [1.29, 1.82) is 0 Å². The van der Waals surface area contributed by atoms with E-state index in [2.05, 4.69) is 6.92 Å². The first-order valence-corrected chi connectivity index (χ1v) is 4.84. The van der Waals surface area contributed by atoms with Gasteiger partial charge in [-0.05, 0) is 37.5 Å². The standard InChI is InChI=1S/C11H15ClO/c1-4-8-7-9(11(2,3)13)5-6-10(8)12/h5-7,13H,4H2,1-3H3. The van der Waals surface area contributed by atoms with Gasteiger partial charge < -0.3 is 5.11 Å². The van der Waals surface area contributed by atoms with E-state index in [1.54, 1.807) is 13.8 Å². The summed E-state index contributed by atoms with van der Waals surface area (Å²) >= 11 is 5.96. The minimum atomic E-state index is -0.783. The van der Waals surface area contributed by atoms with Gasteiger partial charge in [-0.1, -0.05) is 30.7 Å². The van der Waals surface area contributed by atoms with E-state index in [-0.39, 0.29) is 0 Å². The molecule has 0 radical (unpaired) electrons. The highest BCUT2D eigenvalue weighted by Crippen LogP contribution is 2.25. The zero-order chi connectivity index (χ0) is 10.1. The fourth-order valence-electron chi connectivity index (χ4n) is 1.23. The number of aliphatic hydroxyl groups is 1. The van der Waals surface area contributed by atoms with Crippen LogP contribution in [0.4, 0.5) is 0 Å². The van der Waals surface area contributed by atoms with Gasteiger partial charge in [0.1, 0.15) is 0 Å². The fraction of sp³-hybridized carbons (Fsp3) is 0.455. The number of hydrogen-bond acceptors (Lipinski definition) is 1. The zero-order valence-electron chi connectivity index (χ0n) is 8.26. The molecule has 0 saturated heterocycles. The van der Waals surface area contributed by atoms with Crippen LogP contribution in [0.3, 0.4) is 0 Å². The second-order valence-corrected chi connectivity index (χ2v) is 4.13. The molecule has 0 aliphatic carbocycles. The normalized spacial score (nSPS) is 11.8. The predicted octanol–water partition coefficient (Wildman–Crippen LogP) is 3.13. The van der Waals surface area contributed by atoms with Crippen LogP contribution in [-0.2, 0) is 12.0 Å². The maximum absolute atomic E-state index is 9.76. The highest BCUT2D eigenvalue weighted by molar-refractivity contribution is 6.31. The van der Waals surface area contributed by atoms with Gasteiger partial charge >= 0.3 is 0 Å². The maximum atomic E-state index is 9.76. The molecule has 0 atom stereocenters. The van der Waals surface area contributed by atoms with Gasteiger partial charge in [0, 0.05) is 5.02 Å². The molecule has 0 aliphatic heterocycles. The van der Waals surface area contributed by atoms with Crippen LogP contribution in [0.1, 0.15) is 31.9 Å². The molecule has 0 saturated carbocycles. The molecule has 1 N–H and O–H groups in total. The van der Waals surface area contributed by atoms with Crippen LogP contribution in [-0.4, -0.2) is 5.11 Å². The van der Waals surface area contributed by atoms with Crippen molar-refractivity contribution in [3.63, 3.8) is 0 Å². The van der Waals surface area contributed by atoms with Crippen LogP contribution >= 0.6 is 11.6 Å². The Hall–Kier alpha value is -0.530. The van der Waals surface area contributed by atoms with Gasteiger partial charge in [0.15, 0.2) is 0 Å². The van der Waals surface area contributed by atoms with Crippen LogP contribution in [0.25, 0.3) is 0 Å². The number of aryl methyl sites for hydroxylation is 1. The van der Waals surface area contributed by atoms with Crippen molar-refractivity contribution in [2.24, 2.45) is 0 Å². The first-order chi connectivity index (χ1) is 5.95. The number of benzene rings is 1. The van der Waals surface area contributed by atoms with Gasteiger partial charge in [-0.3, -0.25) is 0 Å². The average Bonchev–Trinajstić information content (AvgIpc) is 2.03. The highest BCUT2D eigenvalue weighted by atomic mass is 35.5. The smallest absolute Gasteiger partial charge is 0.0840 e. The van der Waals surface area contributed by atoms with E-state index in [0.717, 1.165) is 22.6 Å². The van der Waals surface area contributed by atoms with Crippen molar-refractivity contribution < 1.29 is 5.11 Å². The van der Waals surface area contributed by atoms with Crippen LogP contribution in [0.15, 0.2) is 18.2 Å². The van der Waals surface area contributed by atoms with Crippen molar-refractivity contribution in [3.8, 4) is 0 Å². The first-order valence-electron chi connectivity index (χ1n) is 4.46. The van der Waals surface area contributed by atoms with Crippen LogP contribution in [0.2, 0.25) is 5.02 Å². The van der Waals surface area contributed by atoms with Gasteiger partial charge in [-0.15, -0.1) is 0 Å². The minimum absolute atomic E-state index is 0.774. The highest BCUT2D eigenvalue weighted by Gasteiger charge is 2.16. The van der Waals surface area contributed by atoms with Gasteiger partial charge in [0.25, 0.3) is 0 Å². The lowest BCUT2D eigenvalue weighted by Crippen LogP contribution is -2.15. The third kappa shape index (κ3) is 2.45. The Morgan fingerprint density at radius 2 is 2.00 bits per heavy atom. The summed E-state index contributed by atoms with van der Waals surface area (Å²) in [6, 6.07) is 5.66. The van der Waals surface area contributed by atoms with Crippen LogP contribution < -0.4 is 0 Å². The molecule has 0 unspecified atom stereocenters. The van der Waals surface area contributed by atoms with E-state index < -0.39 is 5.60 Å². The molecule has 13 heavy (non-hydrogen) atoms. The Bertz CT molecular complexity index is 299. The third-order valence-corrected chi connectivity index (χ3v) is 2.50. The molecule has 0 aliphatic rings. The summed E-state index contributed by atoms with van der Waals surface area (Å²) < 4.78 is 0. The topological polar surface area (TPSA) is 20.2 Å². The first kappa shape index (κ1) is 10.6. The van der Waals surface area contributed by atoms with Crippen molar-refractivity contribution in [1.82, 2.24) is 0 Å². The molecule has 1 rings (SSSR count). The Labute approximate surface area is 84.4 Å². The molecule has 0 fully saturated rings. The molecule has 0 aromatic heterocycles. The second-order valence-electron chi connectivity index (χ2n) is 3.72. The van der Waals surface area contributed by atoms with Crippen molar-refractivity contribution >= 4 is 11.6 Å². The quantitative estimate of drug-likeness (QED) is 0.774. The van der Waals surface area contributed by atoms with Crippen molar-refractivity contribution in [3.05, 3.63) is 34.3 Å². The van der Waals surface area contributed by atoms with Gasteiger partial charge in [-0.2, -0.15) is 0 Å². The maximum Gasteiger partial charge on any atom is 0.0840 e. The summed E-state index contributed by atoms with van der Waals surface area (Å²) in [4.78, 5) is 0. The summed E-state index contributed by atoms with van der Waals surface area (Å²) in [7, 11) is 0. The summed E-state index contributed by atoms with van der Waals surface area (Å²) in [5.41, 5.74) is 1.21. The largest absolute Gasteiger partial charge is 0.386 e. The van der Waals surface area contributed by atoms with Crippen molar-refractivity contribution in [2.75, 3.05) is 0 Å². The monoisotopic (exact) mass is 198 g/mol. The molecule has 0 amide bonds. The van der Waals surface area contributed by atoms with E-state index in [1.807, 2.05) is 18.2 Å². The summed E-state index contributed by atoms with van der Waals surface area (Å²) in [5, 5.41) is 10.5. The molecule has 2 heteroatoms. The molecule has 1 aromatic rings. The van der Waals surface area contributed by atoms with E-state index in [1.165, 1.54) is 0 Å². The Kier molecular flexibility index (Phi) is 2.99. The zero-order valence-corrected chi connectivity index (χ0v) is 9.02. The molecule has 1 aromatic carbocycles. The molecule has 72 valence electrons. The Morgan fingerprint density at radius 1 is 1.38 bits per heavy atom. The van der Waals surface area contributed by atoms with Gasteiger partial charge in [0.05, 0.1) is 5.60 Å². The lowest BCUT2D eigenvalue weighted by molar-refractivity contribution is 0.0785. The number of hydrogen-bond donors (Lipinski definition) is 1. The molecular formula is C11H15ClO. The van der Waals surface area contributed by atoms with Gasteiger partial charge in [0.2, 0.25) is 0 Å². The third-order valence-electron chi connectivity index (χ3n) is 2.13. The Morgan fingerprint density at radius 3 is 2.46 bits per heavy atom. The summed E-state index contributed by atoms with van der Waals surface area (Å²) in [6.45, 7) is 5.60. The second kappa shape index (κ2) is 3.69. The molecule has 0 bridgehead atoms. The lowest BCUT2D eigenvalue weighted by Gasteiger charge is -2.18. The Balaban J connectivity index is 3.14. The SMILES string of the molecule is CCc1cc(C(C)(C)O)ccc1Cl. The summed E-state index contributed by atoms with van der Waals surface area (Å²) in [6.07, 6.45) is 0.892. The molecule has 1 nitrogen and oxygen atoms in total. The van der Waals surface area contributed by atoms with Gasteiger partial charge in [-0.25, -0.2) is 0 Å². The molecule has 0 heterocycles. The minimum Gasteiger partial charge on any atom is -0.386 e. The van der Waals surface area contributed by atoms with E-state index in [9.17, 15) is 5.11 Å². The van der Waals surface area contributed by atoms with E-state index >= 15 is 0 Å².